The van der Waals surface area contributed by atoms with Crippen LogP contribution < -0.4 is 15.6 Å². The molecule has 0 bridgehead atoms. The van der Waals surface area contributed by atoms with Crippen molar-refractivity contribution in [2.45, 2.75) is 45.4 Å². The minimum atomic E-state index is -0.124. The van der Waals surface area contributed by atoms with Crippen LogP contribution in [0, 0.1) is 6.92 Å². The Morgan fingerprint density at radius 3 is 2.87 bits per heavy atom. The van der Waals surface area contributed by atoms with Crippen LogP contribution in [0.3, 0.4) is 0 Å². The number of piperidine rings is 1. The summed E-state index contributed by atoms with van der Waals surface area (Å²) in [6.07, 6.45) is 2.15. The van der Waals surface area contributed by atoms with E-state index in [4.69, 9.17) is 9.15 Å². The minimum absolute atomic E-state index is 0.0382. The van der Waals surface area contributed by atoms with Crippen LogP contribution in [-0.2, 0) is 11.3 Å². The van der Waals surface area contributed by atoms with Crippen LogP contribution in [-0.4, -0.2) is 31.4 Å². The summed E-state index contributed by atoms with van der Waals surface area (Å²) in [7, 11) is 1.73. The standard InChI is InChI=1S/C25H30N2O4/c1-16-11-20(17(2)26-22-9-5-4-7-18(22)15-28)25-21(12-16)23(29)13-24(31-25)27-10-6-8-19(14-27)30-3/h4-5,7,9,11-13,17,19,26,28H,6,8,10,14-15H2,1-3H3/t17?,19-/m0/s1. The molecule has 6 nitrogen and oxygen atoms in total. The molecule has 2 N–H and O–H groups in total. The maximum atomic E-state index is 13.0. The Hall–Kier alpha value is -2.83. The highest BCUT2D eigenvalue weighted by molar-refractivity contribution is 5.82. The van der Waals surface area contributed by atoms with E-state index in [1.807, 2.05) is 44.2 Å². The van der Waals surface area contributed by atoms with Gasteiger partial charge in [-0.05, 0) is 44.4 Å². The Morgan fingerprint density at radius 2 is 2.10 bits per heavy atom. The number of ether oxygens (including phenoxy) is 1. The smallest absolute Gasteiger partial charge is 0.200 e. The second kappa shape index (κ2) is 9.12. The van der Waals surface area contributed by atoms with Crippen molar-refractivity contribution in [3.05, 3.63) is 69.4 Å². The first-order valence-electron chi connectivity index (χ1n) is 10.8. The lowest BCUT2D eigenvalue weighted by atomic mass is 10.0. The highest BCUT2D eigenvalue weighted by Crippen LogP contribution is 2.31. The molecule has 0 aliphatic carbocycles. The predicted molar refractivity (Wildman–Crippen MR) is 124 cm³/mol. The summed E-state index contributed by atoms with van der Waals surface area (Å²) in [6, 6.07) is 13.1. The predicted octanol–water partition coefficient (Wildman–Crippen LogP) is 4.38. The number of nitrogens with zero attached hydrogens (tertiary/aromatic N) is 1. The van der Waals surface area contributed by atoms with Crippen molar-refractivity contribution in [3.63, 3.8) is 0 Å². The molecule has 1 aromatic heterocycles. The van der Waals surface area contributed by atoms with Gasteiger partial charge in [0.15, 0.2) is 11.3 Å². The number of nitrogens with one attached hydrogen (secondary N) is 1. The molecule has 1 aliphatic rings. The van der Waals surface area contributed by atoms with Crippen molar-refractivity contribution < 1.29 is 14.3 Å². The van der Waals surface area contributed by atoms with Gasteiger partial charge in [-0.2, -0.15) is 0 Å². The first-order valence-corrected chi connectivity index (χ1v) is 10.8. The molecule has 0 amide bonds. The highest BCUT2D eigenvalue weighted by atomic mass is 16.5. The van der Waals surface area contributed by atoms with Gasteiger partial charge in [-0.25, -0.2) is 0 Å². The van der Waals surface area contributed by atoms with Crippen LogP contribution in [0.2, 0.25) is 0 Å². The fourth-order valence-corrected chi connectivity index (χ4v) is 4.34. The second-order valence-corrected chi connectivity index (χ2v) is 8.31. The number of benzene rings is 2. The number of aliphatic hydroxyl groups is 1. The topological polar surface area (TPSA) is 74.9 Å². The van der Waals surface area contributed by atoms with E-state index >= 15 is 0 Å². The molecule has 164 valence electrons. The first-order chi connectivity index (χ1) is 15.0. The summed E-state index contributed by atoms with van der Waals surface area (Å²) in [6.45, 7) is 5.53. The Morgan fingerprint density at radius 1 is 1.29 bits per heavy atom. The molecule has 1 fully saturated rings. The number of para-hydroxylation sites is 1. The Bertz CT molecular complexity index is 1120. The number of aliphatic hydroxyl groups excluding tert-OH is 1. The van der Waals surface area contributed by atoms with Gasteiger partial charge in [-0.1, -0.05) is 24.3 Å². The van der Waals surface area contributed by atoms with E-state index in [9.17, 15) is 9.90 Å². The third-order valence-electron chi connectivity index (χ3n) is 6.04. The minimum Gasteiger partial charge on any atom is -0.440 e. The van der Waals surface area contributed by atoms with Gasteiger partial charge in [0.25, 0.3) is 0 Å². The second-order valence-electron chi connectivity index (χ2n) is 8.31. The molecule has 31 heavy (non-hydrogen) atoms. The lowest BCUT2D eigenvalue weighted by molar-refractivity contribution is 0.0882. The number of methoxy groups -OCH3 is 1. The van der Waals surface area contributed by atoms with Gasteiger partial charge in [0.05, 0.1) is 24.1 Å². The van der Waals surface area contributed by atoms with Crippen LogP contribution in [0.25, 0.3) is 11.0 Å². The molecule has 2 atom stereocenters. The number of rotatable bonds is 6. The summed E-state index contributed by atoms with van der Waals surface area (Å²) in [4.78, 5) is 15.1. The Labute approximate surface area is 182 Å². The molecule has 2 aromatic carbocycles. The van der Waals surface area contributed by atoms with E-state index in [1.54, 1.807) is 13.2 Å². The molecule has 1 saturated heterocycles. The maximum absolute atomic E-state index is 13.0. The zero-order valence-corrected chi connectivity index (χ0v) is 18.4. The molecule has 3 aromatic rings. The molecule has 1 unspecified atom stereocenters. The van der Waals surface area contributed by atoms with Crippen molar-refractivity contribution in [3.8, 4) is 0 Å². The summed E-state index contributed by atoms with van der Waals surface area (Å²) in [5, 5.41) is 13.7. The summed E-state index contributed by atoms with van der Waals surface area (Å²) in [5.41, 5.74) is 4.18. The van der Waals surface area contributed by atoms with Crippen molar-refractivity contribution >= 4 is 22.5 Å². The van der Waals surface area contributed by atoms with E-state index in [-0.39, 0.29) is 24.2 Å². The van der Waals surface area contributed by atoms with Gasteiger partial charge >= 0.3 is 0 Å². The van der Waals surface area contributed by atoms with Gasteiger partial charge in [-0.3, -0.25) is 4.79 Å². The van der Waals surface area contributed by atoms with E-state index in [0.29, 0.717) is 23.4 Å². The summed E-state index contributed by atoms with van der Waals surface area (Å²) in [5.74, 6) is 0.590. The first kappa shape index (κ1) is 21.4. The quantitative estimate of drug-likeness (QED) is 0.614. The van der Waals surface area contributed by atoms with Crippen LogP contribution in [0.1, 0.15) is 42.5 Å². The normalized spacial score (nSPS) is 17.7. The van der Waals surface area contributed by atoms with E-state index in [2.05, 4.69) is 16.3 Å². The van der Waals surface area contributed by atoms with Crippen LogP contribution in [0.15, 0.2) is 51.7 Å². The van der Waals surface area contributed by atoms with Gasteiger partial charge in [0.2, 0.25) is 0 Å². The molecule has 0 saturated carbocycles. The molecule has 0 spiro atoms. The number of fused-ring (bicyclic) bond motifs is 1. The van der Waals surface area contributed by atoms with Gasteiger partial charge in [-0.15, -0.1) is 0 Å². The number of aryl methyl sites for hydroxylation is 1. The third kappa shape index (κ3) is 4.45. The van der Waals surface area contributed by atoms with E-state index in [1.165, 1.54) is 0 Å². The number of anilines is 2. The molecule has 0 radical (unpaired) electrons. The molecule has 2 heterocycles. The van der Waals surface area contributed by atoms with Crippen molar-refractivity contribution in [1.82, 2.24) is 0 Å². The Kier molecular flexibility index (Phi) is 6.30. The van der Waals surface area contributed by atoms with Crippen molar-refractivity contribution in [2.75, 3.05) is 30.4 Å². The van der Waals surface area contributed by atoms with Gasteiger partial charge < -0.3 is 24.5 Å². The molecule has 1 aliphatic heterocycles. The van der Waals surface area contributed by atoms with E-state index in [0.717, 1.165) is 41.8 Å². The van der Waals surface area contributed by atoms with Crippen LogP contribution in [0.4, 0.5) is 11.6 Å². The molecular weight excluding hydrogens is 392 g/mol. The van der Waals surface area contributed by atoms with E-state index < -0.39 is 0 Å². The number of hydrogen-bond acceptors (Lipinski definition) is 6. The molecule has 4 rings (SSSR count). The highest BCUT2D eigenvalue weighted by Gasteiger charge is 2.23. The SMILES string of the molecule is CO[C@H]1CCCN(c2cc(=O)c3cc(C)cc(C(C)Nc4ccccc4CO)c3o2)C1. The van der Waals surface area contributed by atoms with Crippen LogP contribution in [0.5, 0.6) is 0 Å². The van der Waals surface area contributed by atoms with Gasteiger partial charge in [0, 0.05) is 43.1 Å². The zero-order valence-electron chi connectivity index (χ0n) is 18.4. The zero-order chi connectivity index (χ0) is 22.0. The molecule has 6 heteroatoms. The monoisotopic (exact) mass is 422 g/mol. The fourth-order valence-electron chi connectivity index (χ4n) is 4.34. The fraction of sp³-hybridized carbons (Fsp3) is 0.400. The Balaban J connectivity index is 1.75. The average molecular weight is 423 g/mol. The van der Waals surface area contributed by atoms with Crippen molar-refractivity contribution in [2.24, 2.45) is 0 Å². The lowest BCUT2D eigenvalue weighted by Crippen LogP contribution is -2.39. The van der Waals surface area contributed by atoms with Gasteiger partial charge in [0.1, 0.15) is 5.58 Å². The lowest BCUT2D eigenvalue weighted by Gasteiger charge is -2.32. The summed E-state index contributed by atoms with van der Waals surface area (Å²) < 4.78 is 11.9. The third-order valence-corrected chi connectivity index (χ3v) is 6.04. The average Bonchev–Trinajstić information content (AvgIpc) is 2.79. The van der Waals surface area contributed by atoms with Crippen LogP contribution >= 0.6 is 0 Å². The maximum Gasteiger partial charge on any atom is 0.200 e. The van der Waals surface area contributed by atoms with Crippen molar-refractivity contribution in [1.29, 1.82) is 0 Å². The molecular formula is C25H30N2O4. The summed E-state index contributed by atoms with van der Waals surface area (Å²) >= 11 is 0. The number of hydrogen-bond donors (Lipinski definition) is 2. The largest absolute Gasteiger partial charge is 0.440 e.